The number of hydrogen-bond acceptors (Lipinski definition) is 2. The van der Waals surface area contributed by atoms with Crippen LogP contribution in [0.5, 0.6) is 0 Å². The summed E-state index contributed by atoms with van der Waals surface area (Å²) in [6.45, 7) is 5.42. The number of nitrogens with two attached hydrogens (primary N) is 1. The number of carbonyl (C=O) groups is 1. The van der Waals surface area contributed by atoms with E-state index in [0.717, 1.165) is 19.4 Å². The lowest BCUT2D eigenvalue weighted by atomic mass is 10.0. The Morgan fingerprint density at radius 3 is 1.05 bits per heavy atom. The predicted molar refractivity (Wildman–Crippen MR) is 176 cm³/mol. The molecule has 0 aliphatic carbocycles. The molecule has 0 bridgehead atoms. The van der Waals surface area contributed by atoms with Crippen LogP contribution in [0.25, 0.3) is 0 Å². The fourth-order valence-electron chi connectivity index (χ4n) is 5.04. The Morgan fingerprint density at radius 1 is 0.462 bits per heavy atom. The first-order valence-electron chi connectivity index (χ1n) is 17.8. The molecule has 0 atom stereocenters. The summed E-state index contributed by atoms with van der Waals surface area (Å²) in [6, 6.07) is 0. The molecule has 39 heavy (non-hydrogen) atoms. The molecule has 0 aliphatic heterocycles. The van der Waals surface area contributed by atoms with Crippen LogP contribution >= 0.6 is 0 Å². The first-order valence-corrected chi connectivity index (χ1v) is 17.8. The minimum Gasteiger partial charge on any atom is -0.481 e. The van der Waals surface area contributed by atoms with Gasteiger partial charge in [-0.25, -0.2) is 0 Å². The van der Waals surface area contributed by atoms with E-state index in [1.165, 1.54) is 173 Å². The van der Waals surface area contributed by atoms with Gasteiger partial charge in [0.1, 0.15) is 0 Å². The summed E-state index contributed by atoms with van der Waals surface area (Å²) in [6.07, 6.45) is 44.1. The van der Waals surface area contributed by atoms with Gasteiger partial charge in [0, 0.05) is 6.42 Å². The molecule has 0 amide bonds. The quantitative estimate of drug-likeness (QED) is 0.0665. The summed E-state index contributed by atoms with van der Waals surface area (Å²) in [4.78, 5) is 10.3. The van der Waals surface area contributed by atoms with E-state index < -0.39 is 5.97 Å². The molecule has 0 aliphatic rings. The fraction of sp³-hybridized carbons (Fsp3) is 0.917. The van der Waals surface area contributed by atoms with E-state index in [0.29, 0.717) is 6.42 Å². The summed E-state index contributed by atoms with van der Waals surface area (Å²) in [7, 11) is 0. The number of rotatable bonds is 31. The Morgan fingerprint density at radius 2 is 0.744 bits per heavy atom. The van der Waals surface area contributed by atoms with E-state index in [4.69, 9.17) is 10.8 Å². The summed E-state index contributed by atoms with van der Waals surface area (Å²) >= 11 is 0. The number of unbranched alkanes of at least 4 members (excludes halogenated alkanes) is 26. The van der Waals surface area contributed by atoms with Crippen molar-refractivity contribution in [1.29, 1.82) is 0 Å². The molecule has 0 radical (unpaired) electrons. The molecule has 0 spiro atoms. The largest absolute Gasteiger partial charge is 0.481 e. The van der Waals surface area contributed by atoms with Crippen molar-refractivity contribution in [3.05, 3.63) is 12.2 Å². The molecule has 0 aromatic carbocycles. The van der Waals surface area contributed by atoms with Crippen LogP contribution in [0, 0.1) is 0 Å². The van der Waals surface area contributed by atoms with Crippen molar-refractivity contribution >= 4 is 5.97 Å². The Hall–Kier alpha value is -0.830. The fourth-order valence-corrected chi connectivity index (χ4v) is 5.04. The third kappa shape index (κ3) is 44.4. The highest BCUT2D eigenvalue weighted by Crippen LogP contribution is 2.14. The number of aliphatic carboxylic acids is 1. The number of carboxylic acid groups (broad SMARTS) is 1. The minimum absolute atomic E-state index is 0.332. The van der Waals surface area contributed by atoms with Crippen LogP contribution in [0.2, 0.25) is 0 Å². The lowest BCUT2D eigenvalue weighted by Gasteiger charge is -2.03. The monoisotopic (exact) mass is 552 g/mol. The zero-order valence-corrected chi connectivity index (χ0v) is 27.0. The topological polar surface area (TPSA) is 63.3 Å². The maximum absolute atomic E-state index is 10.3. The van der Waals surface area contributed by atoms with Crippen molar-refractivity contribution in [1.82, 2.24) is 0 Å². The Bertz CT molecular complexity index is 447. The van der Waals surface area contributed by atoms with Crippen LogP contribution in [0.1, 0.15) is 206 Å². The van der Waals surface area contributed by atoms with Gasteiger partial charge in [-0.05, 0) is 45.1 Å². The zero-order valence-electron chi connectivity index (χ0n) is 27.0. The van der Waals surface area contributed by atoms with Gasteiger partial charge in [0.05, 0.1) is 0 Å². The van der Waals surface area contributed by atoms with Gasteiger partial charge in [-0.3, -0.25) is 4.79 Å². The highest BCUT2D eigenvalue weighted by atomic mass is 16.4. The summed E-state index contributed by atoms with van der Waals surface area (Å²) in [5, 5.41) is 8.51. The third-order valence-corrected chi connectivity index (χ3v) is 7.71. The van der Waals surface area contributed by atoms with Crippen LogP contribution < -0.4 is 5.73 Å². The van der Waals surface area contributed by atoms with Gasteiger partial charge < -0.3 is 10.8 Å². The molecule has 0 aromatic rings. The Kier molecular flexibility index (Phi) is 40.6. The van der Waals surface area contributed by atoms with Crippen LogP contribution in [0.3, 0.4) is 0 Å². The van der Waals surface area contributed by atoms with Gasteiger partial charge in [-0.2, -0.15) is 0 Å². The second-order valence-electron chi connectivity index (χ2n) is 11.8. The van der Waals surface area contributed by atoms with E-state index in [1.807, 2.05) is 0 Å². The summed E-state index contributed by atoms with van der Waals surface area (Å²) in [5.74, 6) is -0.664. The maximum atomic E-state index is 10.3. The van der Waals surface area contributed by atoms with Crippen LogP contribution in [-0.2, 0) is 4.79 Å². The number of hydrogen-bond donors (Lipinski definition) is 2. The molecule has 0 saturated carbocycles. The average molecular weight is 552 g/mol. The van der Waals surface area contributed by atoms with E-state index in [9.17, 15) is 4.79 Å². The predicted octanol–water partition coefficient (Wildman–Crippen LogP) is 12.3. The molecule has 0 heterocycles. The normalized spacial score (nSPS) is 11.2. The molecule has 234 valence electrons. The smallest absolute Gasteiger partial charge is 0.303 e. The van der Waals surface area contributed by atoms with Crippen molar-refractivity contribution in [2.24, 2.45) is 5.73 Å². The van der Waals surface area contributed by atoms with Gasteiger partial charge in [0.25, 0.3) is 0 Å². The minimum atomic E-state index is -0.664. The summed E-state index contributed by atoms with van der Waals surface area (Å²) < 4.78 is 0. The van der Waals surface area contributed by atoms with Crippen LogP contribution in [-0.4, -0.2) is 17.6 Å². The molecule has 0 fully saturated rings. The van der Waals surface area contributed by atoms with E-state index in [-0.39, 0.29) is 0 Å². The van der Waals surface area contributed by atoms with Crippen molar-refractivity contribution in [3.8, 4) is 0 Å². The Labute approximate surface area is 246 Å². The lowest BCUT2D eigenvalue weighted by Crippen LogP contribution is -1.97. The van der Waals surface area contributed by atoms with Crippen LogP contribution in [0.4, 0.5) is 0 Å². The molecule has 0 saturated heterocycles. The number of carboxylic acids is 1. The first-order chi connectivity index (χ1) is 19.2. The third-order valence-electron chi connectivity index (χ3n) is 7.71. The van der Waals surface area contributed by atoms with Gasteiger partial charge in [-0.15, -0.1) is 0 Å². The van der Waals surface area contributed by atoms with E-state index in [2.05, 4.69) is 26.0 Å². The molecular weight excluding hydrogens is 478 g/mol. The molecule has 0 unspecified atom stereocenters. The summed E-state index contributed by atoms with van der Waals surface area (Å²) in [5.41, 5.74) is 5.48. The standard InChI is InChI=1S/C18H39N.C18H34O2/c1-2-3-4-5-6-7-8-9-10-11-12-13-14-15-16-17-18-19;1-2-3-4-5-6-7-8-9-10-11-12-13-14-15-16-17-18(19)20/h2-19H2,1H3;9-10H,2-8,11-17H2,1H3,(H,19,20)/b;10-9-. The Balaban J connectivity index is 0. The molecular formula is C36H73NO2. The van der Waals surface area contributed by atoms with Crippen molar-refractivity contribution < 1.29 is 9.90 Å². The van der Waals surface area contributed by atoms with Crippen molar-refractivity contribution in [3.63, 3.8) is 0 Å². The van der Waals surface area contributed by atoms with Crippen molar-refractivity contribution in [2.75, 3.05) is 6.54 Å². The molecule has 0 rings (SSSR count). The lowest BCUT2D eigenvalue weighted by molar-refractivity contribution is -0.137. The molecule has 3 heteroatoms. The highest BCUT2D eigenvalue weighted by molar-refractivity contribution is 5.66. The second-order valence-corrected chi connectivity index (χ2v) is 11.8. The van der Waals surface area contributed by atoms with Gasteiger partial charge in [0.2, 0.25) is 0 Å². The average Bonchev–Trinajstić information content (AvgIpc) is 2.93. The van der Waals surface area contributed by atoms with E-state index >= 15 is 0 Å². The van der Waals surface area contributed by atoms with Crippen molar-refractivity contribution in [2.45, 2.75) is 206 Å². The highest BCUT2D eigenvalue weighted by Gasteiger charge is 1.96. The molecule has 0 aromatic heterocycles. The second kappa shape index (κ2) is 39.3. The number of allylic oxidation sites excluding steroid dienone is 2. The van der Waals surface area contributed by atoms with Crippen LogP contribution in [0.15, 0.2) is 12.2 Å². The van der Waals surface area contributed by atoms with Gasteiger partial charge in [0.15, 0.2) is 0 Å². The van der Waals surface area contributed by atoms with Gasteiger partial charge in [-0.1, -0.05) is 174 Å². The first kappa shape index (κ1) is 40.3. The zero-order chi connectivity index (χ0) is 28.9. The molecule has 3 N–H and O–H groups in total. The SMILES string of the molecule is CCCCCCCC/C=C\CCCCCCCC(=O)O.CCCCCCCCCCCCCCCCCCN. The van der Waals surface area contributed by atoms with E-state index in [1.54, 1.807) is 0 Å². The van der Waals surface area contributed by atoms with Gasteiger partial charge >= 0.3 is 5.97 Å². The molecule has 3 nitrogen and oxygen atoms in total. The maximum Gasteiger partial charge on any atom is 0.303 e.